The number of furan rings is 2. The molecule has 0 bridgehead atoms. The van der Waals surface area contributed by atoms with Crippen molar-refractivity contribution in [2.24, 2.45) is 0 Å². The van der Waals surface area contributed by atoms with Crippen molar-refractivity contribution in [1.82, 2.24) is 9.13 Å². The standard InChI is InChI=1S/C54H32N2O2/c1-2-11-33(12-3-1)34-21-24-36(25-22-34)55-44-17-7-4-14-41(44)53-46(55)29-30-47-54(53)43-31-35(38-16-10-20-50-52(38)42-15-6-9-19-49(42)57-50)23-28-45(43)56(47)37-26-27-40-39-13-5-8-18-48(39)58-51(40)32-37/h1-32H. The molecule has 4 heteroatoms. The van der Waals surface area contributed by atoms with Crippen LogP contribution in [0.1, 0.15) is 0 Å². The van der Waals surface area contributed by atoms with Crippen molar-refractivity contribution in [2.45, 2.75) is 0 Å². The van der Waals surface area contributed by atoms with Crippen LogP contribution >= 0.6 is 0 Å². The highest BCUT2D eigenvalue weighted by Crippen LogP contribution is 2.45. The molecule has 4 aromatic heterocycles. The van der Waals surface area contributed by atoms with Crippen LogP contribution < -0.4 is 0 Å². The molecule has 0 aliphatic heterocycles. The molecule has 0 saturated heterocycles. The van der Waals surface area contributed by atoms with Gasteiger partial charge in [0.15, 0.2) is 0 Å². The summed E-state index contributed by atoms with van der Waals surface area (Å²) in [7, 11) is 0. The average molecular weight is 741 g/mol. The summed E-state index contributed by atoms with van der Waals surface area (Å²) in [6.45, 7) is 0. The number of nitrogens with zero attached hydrogens (tertiary/aromatic N) is 2. The van der Waals surface area contributed by atoms with Gasteiger partial charge in [-0.2, -0.15) is 0 Å². The van der Waals surface area contributed by atoms with E-state index in [2.05, 4.69) is 185 Å². The SMILES string of the molecule is c1ccc(-c2ccc(-n3c4ccccc4c4c5c6cc(-c7cccc8oc9ccccc9c78)ccc6n(-c6ccc7c(c6)oc6ccccc67)c5ccc43)cc2)cc1. The van der Waals surface area contributed by atoms with Gasteiger partial charge in [-0.1, -0.05) is 115 Å². The zero-order valence-corrected chi connectivity index (χ0v) is 31.2. The van der Waals surface area contributed by atoms with Crippen LogP contribution in [0.4, 0.5) is 0 Å². The van der Waals surface area contributed by atoms with Crippen LogP contribution in [0.5, 0.6) is 0 Å². The second kappa shape index (κ2) is 11.8. The molecule has 0 aliphatic rings. The Morgan fingerprint density at radius 1 is 0.276 bits per heavy atom. The van der Waals surface area contributed by atoms with Crippen LogP contribution in [0.2, 0.25) is 0 Å². The van der Waals surface area contributed by atoms with E-state index in [0.29, 0.717) is 0 Å². The van der Waals surface area contributed by atoms with Gasteiger partial charge in [0.1, 0.15) is 22.3 Å². The molecule has 0 spiro atoms. The lowest BCUT2D eigenvalue weighted by atomic mass is 9.97. The highest BCUT2D eigenvalue weighted by molar-refractivity contribution is 6.29. The van der Waals surface area contributed by atoms with Crippen LogP contribution in [0.15, 0.2) is 203 Å². The van der Waals surface area contributed by atoms with E-state index in [1.54, 1.807) is 0 Å². The predicted octanol–water partition coefficient (Wildman–Crippen LogP) is 15.0. The number of benzene rings is 9. The summed E-state index contributed by atoms with van der Waals surface area (Å²) in [5.74, 6) is 0. The van der Waals surface area contributed by atoms with Crippen LogP contribution in [0.25, 0.3) is 121 Å². The van der Waals surface area contributed by atoms with E-state index in [1.807, 2.05) is 18.2 Å². The lowest BCUT2D eigenvalue weighted by molar-refractivity contribution is 0.668. The van der Waals surface area contributed by atoms with Gasteiger partial charge in [0.25, 0.3) is 0 Å². The Hall–Kier alpha value is -7.82. The van der Waals surface area contributed by atoms with Gasteiger partial charge in [-0.3, -0.25) is 0 Å². The smallest absolute Gasteiger partial charge is 0.137 e. The Bertz CT molecular complexity index is 3780. The van der Waals surface area contributed by atoms with Crippen molar-refractivity contribution >= 4 is 87.5 Å². The number of hydrogen-bond donors (Lipinski definition) is 0. The first-order valence-electron chi connectivity index (χ1n) is 19.8. The third kappa shape index (κ3) is 4.40. The second-order valence-electron chi connectivity index (χ2n) is 15.2. The van der Waals surface area contributed by atoms with Gasteiger partial charge in [0, 0.05) is 60.5 Å². The van der Waals surface area contributed by atoms with Crippen molar-refractivity contribution in [3.63, 3.8) is 0 Å². The molecule has 13 rings (SSSR count). The van der Waals surface area contributed by atoms with Gasteiger partial charge in [-0.15, -0.1) is 0 Å². The first kappa shape index (κ1) is 31.4. The van der Waals surface area contributed by atoms with Gasteiger partial charge >= 0.3 is 0 Å². The maximum Gasteiger partial charge on any atom is 0.137 e. The fourth-order valence-corrected chi connectivity index (χ4v) is 9.60. The zero-order valence-electron chi connectivity index (χ0n) is 31.2. The number of hydrogen-bond acceptors (Lipinski definition) is 2. The molecule has 58 heavy (non-hydrogen) atoms. The first-order chi connectivity index (χ1) is 28.8. The summed E-state index contributed by atoms with van der Waals surface area (Å²) >= 11 is 0. The van der Waals surface area contributed by atoms with E-state index in [9.17, 15) is 0 Å². The van der Waals surface area contributed by atoms with E-state index >= 15 is 0 Å². The zero-order chi connectivity index (χ0) is 37.9. The van der Waals surface area contributed by atoms with Crippen molar-refractivity contribution in [3.8, 4) is 33.6 Å². The minimum atomic E-state index is 0.875. The first-order valence-corrected chi connectivity index (χ1v) is 19.8. The van der Waals surface area contributed by atoms with Gasteiger partial charge in [-0.25, -0.2) is 0 Å². The highest BCUT2D eigenvalue weighted by atomic mass is 16.3. The van der Waals surface area contributed by atoms with Crippen LogP contribution in [0.3, 0.4) is 0 Å². The number of rotatable bonds is 4. The van der Waals surface area contributed by atoms with Crippen molar-refractivity contribution in [2.75, 3.05) is 0 Å². The Balaban J connectivity index is 1.12. The molecular formula is C54H32N2O2. The molecule has 4 nitrogen and oxygen atoms in total. The number of aromatic nitrogens is 2. The fourth-order valence-electron chi connectivity index (χ4n) is 9.60. The summed E-state index contributed by atoms with van der Waals surface area (Å²) in [6, 6.07) is 69.6. The van der Waals surface area contributed by atoms with Crippen LogP contribution in [0, 0.1) is 0 Å². The molecule has 0 aliphatic carbocycles. The number of fused-ring (bicyclic) bond motifs is 13. The molecule has 9 aromatic carbocycles. The highest BCUT2D eigenvalue weighted by Gasteiger charge is 2.22. The Morgan fingerprint density at radius 3 is 1.66 bits per heavy atom. The maximum absolute atomic E-state index is 6.45. The lowest BCUT2D eigenvalue weighted by Crippen LogP contribution is -1.95. The van der Waals surface area contributed by atoms with Crippen LogP contribution in [-0.2, 0) is 0 Å². The molecule has 0 fully saturated rings. The summed E-state index contributed by atoms with van der Waals surface area (Å²) in [5.41, 5.74) is 15.1. The monoisotopic (exact) mass is 740 g/mol. The Kier molecular flexibility index (Phi) is 6.41. The summed E-state index contributed by atoms with van der Waals surface area (Å²) in [6.07, 6.45) is 0. The van der Waals surface area contributed by atoms with Gasteiger partial charge in [-0.05, 0) is 95.1 Å². The molecule has 270 valence electrons. The van der Waals surface area contributed by atoms with Crippen molar-refractivity contribution in [1.29, 1.82) is 0 Å². The van der Waals surface area contributed by atoms with Crippen LogP contribution in [-0.4, -0.2) is 9.13 Å². The molecule has 0 amide bonds. The van der Waals surface area contributed by atoms with E-state index in [-0.39, 0.29) is 0 Å². The normalized spacial score (nSPS) is 12.1. The van der Waals surface area contributed by atoms with Crippen molar-refractivity contribution in [3.05, 3.63) is 194 Å². The van der Waals surface area contributed by atoms with E-state index in [1.165, 1.54) is 43.7 Å². The topological polar surface area (TPSA) is 36.1 Å². The lowest BCUT2D eigenvalue weighted by Gasteiger charge is -2.10. The van der Waals surface area contributed by atoms with Gasteiger partial charge < -0.3 is 18.0 Å². The Labute approximate surface area is 332 Å². The fraction of sp³-hybridized carbons (Fsp3) is 0. The second-order valence-corrected chi connectivity index (χ2v) is 15.2. The summed E-state index contributed by atoms with van der Waals surface area (Å²) < 4.78 is 17.6. The molecule has 0 radical (unpaired) electrons. The molecule has 13 aromatic rings. The molecule has 4 heterocycles. The van der Waals surface area contributed by atoms with E-state index in [0.717, 1.165) is 77.4 Å². The molecular weight excluding hydrogens is 709 g/mol. The summed E-state index contributed by atoms with van der Waals surface area (Å²) in [4.78, 5) is 0. The minimum absolute atomic E-state index is 0.875. The van der Waals surface area contributed by atoms with E-state index < -0.39 is 0 Å². The summed E-state index contributed by atoms with van der Waals surface area (Å²) in [5, 5.41) is 9.37. The molecule has 0 saturated carbocycles. The molecule has 0 atom stereocenters. The molecule has 0 unspecified atom stereocenters. The van der Waals surface area contributed by atoms with Crippen molar-refractivity contribution < 1.29 is 8.83 Å². The average Bonchev–Trinajstić information content (AvgIpc) is 4.03. The minimum Gasteiger partial charge on any atom is -0.456 e. The largest absolute Gasteiger partial charge is 0.456 e. The molecule has 0 N–H and O–H groups in total. The Morgan fingerprint density at radius 2 is 0.828 bits per heavy atom. The van der Waals surface area contributed by atoms with Gasteiger partial charge in [0.05, 0.1) is 22.1 Å². The maximum atomic E-state index is 6.45. The van der Waals surface area contributed by atoms with Gasteiger partial charge in [0.2, 0.25) is 0 Å². The number of para-hydroxylation sites is 3. The predicted molar refractivity (Wildman–Crippen MR) is 241 cm³/mol. The third-order valence-corrected chi connectivity index (χ3v) is 12.1. The van der Waals surface area contributed by atoms with E-state index in [4.69, 9.17) is 8.83 Å². The third-order valence-electron chi connectivity index (χ3n) is 12.1. The quantitative estimate of drug-likeness (QED) is 0.180.